The van der Waals surface area contributed by atoms with Crippen molar-refractivity contribution in [3.63, 3.8) is 0 Å². The van der Waals surface area contributed by atoms with Crippen LogP contribution < -0.4 is 4.74 Å². The van der Waals surface area contributed by atoms with Gasteiger partial charge in [-0.05, 0) is 30.7 Å². The van der Waals surface area contributed by atoms with Gasteiger partial charge in [-0.25, -0.2) is 0 Å². The first-order valence-electron chi connectivity index (χ1n) is 6.62. The fourth-order valence-electron chi connectivity index (χ4n) is 1.69. The Morgan fingerprint density at radius 1 is 1.11 bits per heavy atom. The van der Waals surface area contributed by atoms with Crippen LogP contribution in [0.3, 0.4) is 0 Å². The average molecular weight is 269 g/mol. The van der Waals surface area contributed by atoms with Crippen LogP contribution in [0.25, 0.3) is 0 Å². The van der Waals surface area contributed by atoms with E-state index in [0.29, 0.717) is 17.2 Å². The van der Waals surface area contributed by atoms with Crippen molar-refractivity contribution in [2.75, 3.05) is 6.61 Å². The molecule has 100 valence electrons. The van der Waals surface area contributed by atoms with Gasteiger partial charge in [-0.1, -0.05) is 44.2 Å². The Kier molecular flexibility index (Phi) is 7.51. The van der Waals surface area contributed by atoms with Crippen LogP contribution in [0.1, 0.15) is 45.4 Å². The van der Waals surface area contributed by atoms with Crippen molar-refractivity contribution in [1.82, 2.24) is 0 Å². The van der Waals surface area contributed by atoms with E-state index in [-0.39, 0.29) is 12.4 Å². The minimum Gasteiger partial charge on any atom is -0.486 e. The summed E-state index contributed by atoms with van der Waals surface area (Å²) >= 11 is 5.76. The predicted molar refractivity (Wildman–Crippen MR) is 75.3 cm³/mol. The van der Waals surface area contributed by atoms with Crippen LogP contribution in [-0.2, 0) is 4.79 Å². The van der Waals surface area contributed by atoms with Crippen molar-refractivity contribution in [3.05, 3.63) is 29.3 Å². The van der Waals surface area contributed by atoms with Gasteiger partial charge in [0.25, 0.3) is 0 Å². The Bertz CT molecular complexity index is 346. The lowest BCUT2D eigenvalue weighted by molar-refractivity contribution is -0.121. The molecule has 0 aliphatic rings. The van der Waals surface area contributed by atoms with Gasteiger partial charge in [0.1, 0.15) is 12.4 Å². The van der Waals surface area contributed by atoms with Crippen molar-refractivity contribution >= 4 is 17.4 Å². The van der Waals surface area contributed by atoms with E-state index in [0.717, 1.165) is 12.8 Å². The standard InChI is InChI=1S/C15H21ClO2/c1-2-3-4-5-6-7-14(17)12-18-15-10-8-13(16)9-11-15/h8-11H,2-7,12H2,1H3. The number of benzene rings is 1. The molecule has 0 amide bonds. The number of ketones is 1. The molecular formula is C15H21ClO2. The van der Waals surface area contributed by atoms with E-state index >= 15 is 0 Å². The maximum absolute atomic E-state index is 11.6. The van der Waals surface area contributed by atoms with E-state index < -0.39 is 0 Å². The summed E-state index contributed by atoms with van der Waals surface area (Å²) in [5.41, 5.74) is 0. The second-order valence-corrected chi connectivity index (χ2v) is 4.88. The maximum Gasteiger partial charge on any atom is 0.170 e. The Labute approximate surface area is 114 Å². The van der Waals surface area contributed by atoms with Crippen LogP contribution in [0.4, 0.5) is 0 Å². The van der Waals surface area contributed by atoms with E-state index in [4.69, 9.17) is 16.3 Å². The largest absolute Gasteiger partial charge is 0.486 e. The van der Waals surface area contributed by atoms with Gasteiger partial charge in [0.2, 0.25) is 0 Å². The quantitative estimate of drug-likeness (QED) is 0.610. The zero-order valence-corrected chi connectivity index (χ0v) is 11.7. The molecule has 3 heteroatoms. The Morgan fingerprint density at radius 2 is 1.78 bits per heavy atom. The van der Waals surface area contributed by atoms with Gasteiger partial charge in [0.15, 0.2) is 5.78 Å². The first kappa shape index (κ1) is 15.0. The molecule has 0 aromatic heterocycles. The molecule has 0 atom stereocenters. The summed E-state index contributed by atoms with van der Waals surface area (Å²) in [4.78, 5) is 11.6. The molecule has 0 saturated heterocycles. The third kappa shape index (κ3) is 6.65. The van der Waals surface area contributed by atoms with E-state index in [1.807, 2.05) is 0 Å². The fourth-order valence-corrected chi connectivity index (χ4v) is 1.82. The highest BCUT2D eigenvalue weighted by atomic mass is 35.5. The van der Waals surface area contributed by atoms with Crippen molar-refractivity contribution in [2.45, 2.75) is 45.4 Å². The molecule has 0 bridgehead atoms. The lowest BCUT2D eigenvalue weighted by Crippen LogP contribution is -2.10. The van der Waals surface area contributed by atoms with Gasteiger partial charge in [-0.2, -0.15) is 0 Å². The fraction of sp³-hybridized carbons (Fsp3) is 0.533. The van der Waals surface area contributed by atoms with Crippen molar-refractivity contribution in [1.29, 1.82) is 0 Å². The predicted octanol–water partition coefficient (Wildman–Crippen LogP) is 4.65. The Hall–Kier alpha value is -1.02. The molecule has 0 N–H and O–H groups in total. The lowest BCUT2D eigenvalue weighted by Gasteiger charge is -2.05. The summed E-state index contributed by atoms with van der Waals surface area (Å²) < 4.78 is 5.39. The smallest absolute Gasteiger partial charge is 0.170 e. The molecule has 1 rings (SSSR count). The molecule has 0 radical (unpaired) electrons. The highest BCUT2D eigenvalue weighted by Gasteiger charge is 2.03. The van der Waals surface area contributed by atoms with Gasteiger partial charge in [0, 0.05) is 11.4 Å². The van der Waals surface area contributed by atoms with Crippen molar-refractivity contribution < 1.29 is 9.53 Å². The highest BCUT2D eigenvalue weighted by Crippen LogP contribution is 2.15. The first-order chi connectivity index (χ1) is 8.72. The van der Waals surface area contributed by atoms with Gasteiger partial charge in [0.05, 0.1) is 0 Å². The minimum absolute atomic E-state index is 0.162. The second kappa shape index (κ2) is 8.98. The number of halogens is 1. The molecule has 0 aliphatic heterocycles. The van der Waals surface area contributed by atoms with Gasteiger partial charge in [-0.3, -0.25) is 4.79 Å². The Morgan fingerprint density at radius 3 is 2.44 bits per heavy atom. The molecule has 1 aromatic carbocycles. The molecule has 0 unspecified atom stereocenters. The van der Waals surface area contributed by atoms with Crippen LogP contribution in [0.5, 0.6) is 5.75 Å². The summed E-state index contributed by atoms with van der Waals surface area (Å²) in [5.74, 6) is 0.861. The molecule has 0 spiro atoms. The van der Waals surface area contributed by atoms with E-state index in [9.17, 15) is 4.79 Å². The molecule has 0 heterocycles. The monoisotopic (exact) mass is 268 g/mol. The zero-order chi connectivity index (χ0) is 13.2. The van der Waals surface area contributed by atoms with E-state index in [1.54, 1.807) is 24.3 Å². The van der Waals surface area contributed by atoms with Crippen molar-refractivity contribution in [2.24, 2.45) is 0 Å². The number of carbonyl (C=O) groups is 1. The van der Waals surface area contributed by atoms with Gasteiger partial charge >= 0.3 is 0 Å². The third-order valence-corrected chi connectivity index (χ3v) is 3.02. The van der Waals surface area contributed by atoms with Crippen LogP contribution in [0.2, 0.25) is 5.02 Å². The SMILES string of the molecule is CCCCCCCC(=O)COc1ccc(Cl)cc1. The average Bonchev–Trinajstić information content (AvgIpc) is 2.38. The minimum atomic E-state index is 0.162. The summed E-state index contributed by atoms with van der Waals surface area (Å²) in [5, 5.41) is 0.671. The highest BCUT2D eigenvalue weighted by molar-refractivity contribution is 6.30. The molecule has 0 aliphatic carbocycles. The second-order valence-electron chi connectivity index (χ2n) is 4.45. The number of hydrogen-bond acceptors (Lipinski definition) is 2. The topological polar surface area (TPSA) is 26.3 Å². The summed E-state index contributed by atoms with van der Waals surface area (Å²) in [6.07, 6.45) is 6.45. The third-order valence-electron chi connectivity index (χ3n) is 2.77. The summed E-state index contributed by atoms with van der Waals surface area (Å²) in [6.45, 7) is 2.35. The van der Waals surface area contributed by atoms with Crippen LogP contribution in [0.15, 0.2) is 24.3 Å². The molecular weight excluding hydrogens is 248 g/mol. The van der Waals surface area contributed by atoms with Gasteiger partial charge < -0.3 is 4.74 Å². The number of hydrogen-bond donors (Lipinski definition) is 0. The number of unbranched alkanes of at least 4 members (excludes halogenated alkanes) is 4. The first-order valence-corrected chi connectivity index (χ1v) is 7.00. The number of rotatable bonds is 9. The Balaban J connectivity index is 2.11. The maximum atomic E-state index is 11.6. The lowest BCUT2D eigenvalue weighted by atomic mass is 10.1. The molecule has 2 nitrogen and oxygen atoms in total. The number of ether oxygens (including phenoxy) is 1. The molecule has 18 heavy (non-hydrogen) atoms. The van der Waals surface area contributed by atoms with Crippen molar-refractivity contribution in [3.8, 4) is 5.75 Å². The zero-order valence-electron chi connectivity index (χ0n) is 11.0. The molecule has 1 aromatic rings. The van der Waals surface area contributed by atoms with Crippen LogP contribution >= 0.6 is 11.6 Å². The van der Waals surface area contributed by atoms with Crippen LogP contribution in [-0.4, -0.2) is 12.4 Å². The van der Waals surface area contributed by atoms with E-state index in [1.165, 1.54) is 19.3 Å². The number of carbonyl (C=O) groups excluding carboxylic acids is 1. The normalized spacial score (nSPS) is 10.3. The van der Waals surface area contributed by atoms with Gasteiger partial charge in [-0.15, -0.1) is 0 Å². The number of Topliss-reactive ketones (excluding diaryl/α,β-unsaturated/α-hetero) is 1. The van der Waals surface area contributed by atoms with Crippen LogP contribution in [0, 0.1) is 0 Å². The summed E-state index contributed by atoms with van der Waals surface area (Å²) in [6, 6.07) is 7.06. The molecule has 0 saturated carbocycles. The van der Waals surface area contributed by atoms with E-state index in [2.05, 4.69) is 6.92 Å². The molecule has 0 fully saturated rings. The summed E-state index contributed by atoms with van der Waals surface area (Å²) in [7, 11) is 0.